The third-order valence-corrected chi connectivity index (χ3v) is 22.8. The van der Waals surface area contributed by atoms with Crippen LogP contribution in [-0.4, -0.2) is 182 Å². The van der Waals surface area contributed by atoms with Gasteiger partial charge >= 0.3 is 31.7 Å². The molecule has 26 nitrogen and oxygen atoms in total. The summed E-state index contributed by atoms with van der Waals surface area (Å²) in [7, 11) is 4.74. The Morgan fingerprint density at radius 1 is 0.516 bits per heavy atom. The number of rotatable bonds is 12. The normalized spacial score (nSPS) is 17.7. The van der Waals surface area contributed by atoms with Crippen molar-refractivity contribution in [2.45, 2.75) is 215 Å². The fourth-order valence-electron chi connectivity index (χ4n) is 15.3. The summed E-state index contributed by atoms with van der Waals surface area (Å²) in [4.78, 5) is 45.4. The number of nitrogens with one attached hydrogen (secondary N) is 4. The molecule has 6 aromatic carbocycles. The van der Waals surface area contributed by atoms with E-state index in [0.29, 0.717) is 33.1 Å². The fourth-order valence-corrected chi connectivity index (χ4v) is 15.7. The minimum atomic E-state index is -4.64. The van der Waals surface area contributed by atoms with Crippen molar-refractivity contribution in [3.8, 4) is 51.0 Å². The van der Waals surface area contributed by atoms with E-state index in [4.69, 9.17) is 44.0 Å². The number of nitrogens with zero attached hydrogens (tertiary/aromatic N) is 11. The summed E-state index contributed by atoms with van der Waals surface area (Å²) in [6.45, 7) is 34.6. The largest absolute Gasteiger partial charge is 0.497 e. The molecular formula is C94H117BBrF6N15O11. The van der Waals surface area contributed by atoms with Crippen LogP contribution in [0.25, 0.3) is 44.9 Å². The van der Waals surface area contributed by atoms with Gasteiger partial charge in [0.15, 0.2) is 0 Å². The average Bonchev–Trinajstić information content (AvgIpc) is 1.65. The van der Waals surface area contributed by atoms with Gasteiger partial charge in [0.25, 0.3) is 0 Å². The highest BCUT2D eigenvalue weighted by Crippen LogP contribution is 2.45. The van der Waals surface area contributed by atoms with E-state index in [2.05, 4.69) is 147 Å². The highest BCUT2D eigenvalue weighted by molar-refractivity contribution is 9.10. The molecule has 2 amide bonds. The van der Waals surface area contributed by atoms with Crippen LogP contribution in [0.3, 0.4) is 0 Å². The van der Waals surface area contributed by atoms with Crippen LogP contribution in [0.4, 0.5) is 53.0 Å². The van der Waals surface area contributed by atoms with Gasteiger partial charge in [0.2, 0.25) is 12.6 Å². The second-order valence-electron chi connectivity index (χ2n) is 34.2. The number of hydrogen-bond donors (Lipinski definition) is 4. The van der Waals surface area contributed by atoms with Crippen molar-refractivity contribution < 1.29 is 79.9 Å². The van der Waals surface area contributed by atoms with Crippen LogP contribution >= 0.6 is 15.9 Å². The molecule has 1 saturated heterocycles. The summed E-state index contributed by atoms with van der Waals surface area (Å²) >= 11 is 3.61. The van der Waals surface area contributed by atoms with E-state index in [1.165, 1.54) is 50.1 Å². The number of halogens is 7. The minimum Gasteiger partial charge on any atom is -0.497 e. The average molecular weight is 1840 g/mol. The Labute approximate surface area is 754 Å². The quantitative estimate of drug-likeness (QED) is 0.0502. The molecular weight excluding hydrogens is 1720 g/mol. The third kappa shape index (κ3) is 26.4. The molecule has 0 bridgehead atoms. The molecule has 0 radical (unpaired) electrons. The van der Waals surface area contributed by atoms with Crippen LogP contribution in [0.2, 0.25) is 0 Å². The lowest BCUT2D eigenvalue weighted by atomic mass is 9.75. The van der Waals surface area contributed by atoms with Gasteiger partial charge in [-0.25, -0.2) is 23.6 Å². The van der Waals surface area contributed by atoms with Crippen LogP contribution in [0.15, 0.2) is 156 Å². The number of ether oxygens (including phenoxy) is 5. The van der Waals surface area contributed by atoms with Gasteiger partial charge in [-0.1, -0.05) is 94.0 Å². The van der Waals surface area contributed by atoms with E-state index in [1.807, 2.05) is 171 Å². The molecule has 3 aromatic heterocycles. The Balaban J connectivity index is 0.000000172. The molecule has 3 atom stereocenters. The fraction of sp³-hybridized carbons (Fsp3) is 0.447. The maximum Gasteiger partial charge on any atom is 0.490 e. The van der Waals surface area contributed by atoms with Crippen molar-refractivity contribution >= 4 is 76.0 Å². The van der Waals surface area contributed by atoms with Gasteiger partial charge in [-0.2, -0.15) is 26.3 Å². The van der Waals surface area contributed by atoms with E-state index < -0.39 is 36.1 Å². The molecule has 9 aromatic rings. The number of methoxy groups -OCH3 is 3. The number of fused-ring (bicyclic) bond motifs is 9. The zero-order chi connectivity index (χ0) is 93.9. The topological polar surface area (TPSA) is 280 Å². The molecule has 0 aliphatic carbocycles. The van der Waals surface area contributed by atoms with Gasteiger partial charge in [0, 0.05) is 92.0 Å². The summed E-state index contributed by atoms with van der Waals surface area (Å²) in [5.74, 6) is 2.56. The lowest BCUT2D eigenvalue weighted by Gasteiger charge is -2.32. The molecule has 0 saturated carbocycles. The van der Waals surface area contributed by atoms with Crippen LogP contribution in [0, 0.1) is 20.8 Å². The van der Waals surface area contributed by atoms with Crippen LogP contribution in [-0.2, 0) is 48.0 Å². The van der Waals surface area contributed by atoms with E-state index in [1.54, 1.807) is 38.1 Å². The van der Waals surface area contributed by atoms with Crippen molar-refractivity contribution in [2.24, 2.45) is 0 Å². The molecule has 4 N–H and O–H groups in total. The number of amides is 2. The van der Waals surface area contributed by atoms with Gasteiger partial charge in [-0.15, -0.1) is 15.3 Å². The van der Waals surface area contributed by atoms with Gasteiger partial charge in [0.05, 0.1) is 84.8 Å². The molecule has 7 aliphatic rings. The van der Waals surface area contributed by atoms with Crippen LogP contribution in [0.1, 0.15) is 186 Å². The number of aromatic nitrogens is 9. The smallest absolute Gasteiger partial charge is 0.490 e. The third-order valence-electron chi connectivity index (χ3n) is 22.3. The molecule has 3 unspecified atom stereocenters. The van der Waals surface area contributed by atoms with Crippen molar-refractivity contribution in [3.05, 3.63) is 200 Å². The van der Waals surface area contributed by atoms with E-state index in [-0.39, 0.29) is 48.6 Å². The van der Waals surface area contributed by atoms with Crippen molar-refractivity contribution in [2.75, 3.05) is 76.5 Å². The number of carbonyl (C=O) groups excluding carboxylic acids is 4. The van der Waals surface area contributed by atoms with Crippen molar-refractivity contribution in [3.63, 3.8) is 0 Å². The van der Waals surface area contributed by atoms with Crippen LogP contribution < -0.4 is 35.5 Å². The molecule has 0 spiro atoms. The maximum absolute atomic E-state index is 12.5. The predicted octanol–water partition coefficient (Wildman–Crippen LogP) is 20.3. The molecule has 10 heterocycles. The van der Waals surface area contributed by atoms with Gasteiger partial charge in [0.1, 0.15) is 28.5 Å². The van der Waals surface area contributed by atoms with Gasteiger partial charge in [-0.05, 0) is 277 Å². The van der Waals surface area contributed by atoms with Gasteiger partial charge < -0.3 is 64.1 Å². The number of hydrogen-bond acceptors (Lipinski definition) is 21. The number of anilines is 3. The maximum atomic E-state index is 12.5. The SMILES string of the molecule is CC(C)(C)OC(=O)N1CC=C(B2OC(C)(C)C(C)(C)O2)CC1.COc1ccc(NC2CCn3nnc(C)c3-c3ccc(Br)cc32)cc1.COc1ccc(NC2CCn3nnc(C)c3-c3ccc(C4=CCN(C(=O)OC(C)(C)C)CC4)cc32)cc1.COc1ccc(NC2CCn3nnc(C)c3-c3ccc(C4=CCNCC4)cc32)cc1.O=CC(F)(F)F.O=CC(F)(F)F.[2H]CC. The summed E-state index contributed by atoms with van der Waals surface area (Å²) in [5.41, 5.74) is 21.4. The van der Waals surface area contributed by atoms with E-state index in [0.717, 1.165) is 155 Å². The number of alkyl halides is 6. The first-order chi connectivity index (χ1) is 61.0. The lowest BCUT2D eigenvalue weighted by molar-refractivity contribution is -0.156. The zero-order valence-electron chi connectivity index (χ0n) is 76.7. The second-order valence-corrected chi connectivity index (χ2v) is 35.1. The minimum absolute atomic E-state index is 0.104. The first-order valence-electron chi connectivity index (χ1n) is 43.2. The van der Waals surface area contributed by atoms with Crippen molar-refractivity contribution in [1.82, 2.24) is 60.1 Å². The Kier molecular flexibility index (Phi) is 32.8. The lowest BCUT2D eigenvalue weighted by Crippen LogP contribution is -2.41. The number of carbonyl (C=O) groups is 4. The Bertz CT molecular complexity index is 5360. The highest BCUT2D eigenvalue weighted by atomic mass is 79.9. The monoisotopic (exact) mass is 1840 g/mol. The van der Waals surface area contributed by atoms with Crippen LogP contribution in [0.5, 0.6) is 17.2 Å². The molecule has 128 heavy (non-hydrogen) atoms. The van der Waals surface area contributed by atoms with Crippen molar-refractivity contribution in [1.29, 1.82) is 0 Å². The Morgan fingerprint density at radius 2 is 0.859 bits per heavy atom. The molecule has 16 rings (SSSR count). The molecule has 686 valence electrons. The summed E-state index contributed by atoms with van der Waals surface area (Å²) in [5, 5.41) is 40.6. The molecule has 7 aliphatic heterocycles. The first-order valence-corrected chi connectivity index (χ1v) is 43.3. The summed E-state index contributed by atoms with van der Waals surface area (Å²) in [6.07, 6.45) is -0.0956. The number of aryl methyl sites for hydroxylation is 6. The number of aldehydes is 2. The highest BCUT2D eigenvalue weighted by Gasteiger charge is 2.53. The summed E-state index contributed by atoms with van der Waals surface area (Å²) in [6, 6.07) is 44.7. The Morgan fingerprint density at radius 3 is 1.17 bits per heavy atom. The van der Waals surface area contributed by atoms with E-state index in [9.17, 15) is 35.9 Å². The first kappa shape index (κ1) is 97.3. The van der Waals surface area contributed by atoms with E-state index >= 15 is 0 Å². The second kappa shape index (κ2) is 43.2. The summed E-state index contributed by atoms with van der Waals surface area (Å²) < 4.78 is 115. The number of benzene rings is 6. The predicted molar refractivity (Wildman–Crippen MR) is 488 cm³/mol. The zero-order valence-corrected chi connectivity index (χ0v) is 77.3. The van der Waals surface area contributed by atoms with Gasteiger partial charge in [-0.3, -0.25) is 9.59 Å². The molecule has 34 heteroatoms. The molecule has 1 fully saturated rings. The standard InChI is InChI=1S/C29H35N5O3.C24H27N5O.C19H19BrN4O.C16H28BNO4.2C2HF3O.C2H6/c1-19-27-24-11-6-21(20-12-15-33(16-13-20)28(35)37-29(2,3)4)18-25(24)26(14-17-34(27)32-31-19)30-22-7-9-23(36-5)10-8-22;1-16-24-21-8-3-18(17-9-12-25-13-10-17)15-22(21)23(11-14-29(24)28-27-16)26-19-4-6-20(30-2)7-5-19;1-12-19-16-8-3-13(20)11-17(16)18(9-10-24(19)23-22-12)21-14-4-6-15(25-2)7-5-14;1-14(2,3)20-13(19)18-10-8-12(9-11-18)17-21-15(4,5)16(6,7)22-17;2*3-2(4,5)1-6;1-2/h6-12,18,26,30H,13-17H2,1-5H3;3-9,15,23,25-26H,10-14H2,1-2H3;3-8,11,18,21H,9-10H2,1-2H3;8H,9-11H2,1-7H3;2*1H;1-2H3/i;;;;;;1D. The Hall–Kier alpha value is -11.4.